The van der Waals surface area contributed by atoms with Crippen LogP contribution >= 0.6 is 0 Å². The van der Waals surface area contributed by atoms with E-state index < -0.39 is 56.9 Å². The van der Waals surface area contributed by atoms with Crippen LogP contribution in [0.5, 0.6) is 0 Å². The fourth-order valence-electron chi connectivity index (χ4n) is 0. The van der Waals surface area contributed by atoms with E-state index in [-0.39, 0.29) is 76.5 Å². The molecule has 17 heavy (non-hydrogen) atoms. The zero-order chi connectivity index (χ0) is 12.6. The molecule has 0 aliphatic carbocycles. The first kappa shape index (κ1) is 42.7. The molecular weight excluding hydrogens is 346 g/mol. The Kier molecular flexibility index (Phi) is 107. The maximum absolute atomic E-state index is 8.52. The van der Waals surface area contributed by atoms with Gasteiger partial charge in [-0.15, -0.1) is 0 Å². The molecule has 0 rings (SSSR count). The predicted molar refractivity (Wildman–Crippen MR) is 35.6 cm³/mol. The van der Waals surface area contributed by atoms with Crippen molar-refractivity contribution in [1.82, 2.24) is 0 Å². The van der Waals surface area contributed by atoms with E-state index in [9.17, 15) is 0 Å². The first-order chi connectivity index (χ1) is 6.24. The third-order valence-electron chi connectivity index (χ3n) is 0. The van der Waals surface area contributed by atoms with Gasteiger partial charge < -0.3 is 9.11 Å². The second-order valence-corrected chi connectivity index (χ2v) is 2.09. The normalized spacial score (nSPS) is 4.82. The SMILES string of the molecule is O=S(=O)([O-])[O-].[Al+3].[Na+].[Na+].[O]=[Al][O-].[O]=[Al][O-].[O]=[Al][O-]. The van der Waals surface area contributed by atoms with Crippen molar-refractivity contribution in [3.8, 4) is 0 Å². The Hall–Kier alpha value is 2.80. The van der Waals surface area contributed by atoms with Gasteiger partial charge in [-0.2, -0.15) is 0 Å². The van der Waals surface area contributed by atoms with Crippen molar-refractivity contribution in [3.05, 3.63) is 0 Å². The predicted octanol–water partition coefficient (Wildman–Crippen LogP) is -12.8. The summed E-state index contributed by atoms with van der Waals surface area (Å²) in [6.45, 7) is 0. The molecule has 0 heterocycles. The third-order valence-corrected chi connectivity index (χ3v) is 0. The molecule has 0 aromatic rings. The molecule has 0 aliphatic heterocycles. The standard InChI is InChI=1S/4Al.2Na.H2O4S.6O/c;;;;;;1-5(2,3)4;;;;;;/h;;;;;;(H2,1,2,3,4);;;;;;/q;;;+3;2*+1;;;;;3*-1/p-2. The van der Waals surface area contributed by atoms with Crippen LogP contribution < -0.4 is 71.6 Å². The minimum absolute atomic E-state index is 0. The van der Waals surface area contributed by atoms with Gasteiger partial charge in [-0.25, -0.2) is 0 Å². The molecule has 0 atom stereocenters. The number of hydrogen-bond donors (Lipinski definition) is 0. The third kappa shape index (κ3) is 677. The Morgan fingerprint density at radius 2 is 0.706 bits per heavy atom. The van der Waals surface area contributed by atoms with Crippen molar-refractivity contribution in [3.63, 3.8) is 0 Å². The van der Waals surface area contributed by atoms with Crippen molar-refractivity contribution in [1.29, 1.82) is 0 Å². The first-order valence-corrected chi connectivity index (χ1v) is 6.24. The molecule has 0 aliphatic rings. The average Bonchev–Trinajstić information content (AvgIpc) is 1.86. The molecule has 0 radical (unpaired) electrons. The van der Waals surface area contributed by atoms with Crippen LogP contribution in [0.4, 0.5) is 0 Å². The van der Waals surface area contributed by atoms with Crippen LogP contribution in [-0.4, -0.2) is 81.3 Å². The fourth-order valence-corrected chi connectivity index (χ4v) is 0. The summed E-state index contributed by atoms with van der Waals surface area (Å²) >= 11 is -5.25. The summed E-state index contributed by atoms with van der Waals surface area (Å²) < 4.78 is 84.8. The van der Waals surface area contributed by atoms with Crippen LogP contribution in [-0.2, 0) is 21.8 Å². The first-order valence-electron chi connectivity index (χ1n) is 2.08. The minimum atomic E-state index is -5.17. The molecule has 10 nitrogen and oxygen atoms in total. The summed E-state index contributed by atoms with van der Waals surface area (Å²) in [6, 6.07) is 0. The Morgan fingerprint density at radius 3 is 0.706 bits per heavy atom. The summed E-state index contributed by atoms with van der Waals surface area (Å²) in [6.07, 6.45) is 0. The Bertz CT molecular complexity index is 192. The molecule has 17 heteroatoms. The maximum atomic E-state index is 8.52. The van der Waals surface area contributed by atoms with E-state index in [1.165, 1.54) is 0 Å². The number of rotatable bonds is 0. The summed E-state index contributed by atoms with van der Waals surface area (Å²) in [7, 11) is -5.17. The molecule has 0 spiro atoms. The molecule has 0 saturated heterocycles. The monoisotopic (exact) mass is 346 g/mol. The molecule has 0 aromatic heterocycles. The Labute approximate surface area is 172 Å². The molecule has 80 valence electrons. The zero-order valence-electron chi connectivity index (χ0n) is 8.80. The summed E-state index contributed by atoms with van der Waals surface area (Å²) in [5.41, 5.74) is 0. The molecule has 0 fully saturated rings. The van der Waals surface area contributed by atoms with Crippen molar-refractivity contribution in [2.24, 2.45) is 0 Å². The molecular formula is Al4Na2O10S. The van der Waals surface area contributed by atoms with Crippen LogP contribution in [0.3, 0.4) is 0 Å². The molecule has 0 bridgehead atoms. The molecule has 0 aromatic carbocycles. The van der Waals surface area contributed by atoms with Crippen molar-refractivity contribution >= 4 is 74.2 Å². The zero-order valence-corrected chi connectivity index (χ0v) is 18.2. The van der Waals surface area contributed by atoms with Crippen LogP contribution in [0.15, 0.2) is 0 Å². The second kappa shape index (κ2) is 42.8. The van der Waals surface area contributed by atoms with Gasteiger partial charge in [0, 0.05) is 10.4 Å². The molecule has 0 amide bonds. The van der Waals surface area contributed by atoms with E-state index >= 15 is 0 Å². The van der Waals surface area contributed by atoms with Gasteiger partial charge >= 0.3 is 147 Å². The van der Waals surface area contributed by atoms with E-state index in [1.807, 2.05) is 0 Å². The van der Waals surface area contributed by atoms with Gasteiger partial charge in [0.05, 0.1) is 0 Å². The van der Waals surface area contributed by atoms with E-state index in [0.29, 0.717) is 0 Å². The van der Waals surface area contributed by atoms with Crippen LogP contribution in [0.1, 0.15) is 0 Å². The van der Waals surface area contributed by atoms with Crippen molar-refractivity contribution in [2.75, 3.05) is 0 Å². The van der Waals surface area contributed by atoms with Crippen LogP contribution in [0.2, 0.25) is 0 Å². The second-order valence-electron chi connectivity index (χ2n) is 0.697. The van der Waals surface area contributed by atoms with E-state index in [2.05, 4.69) is 0 Å². The Balaban J connectivity index is -0.0000000152. The molecule has 0 N–H and O–H groups in total. The summed E-state index contributed by atoms with van der Waals surface area (Å²) in [4.78, 5) is 0. The van der Waals surface area contributed by atoms with E-state index in [0.717, 1.165) is 0 Å². The number of hydrogen-bond acceptors (Lipinski definition) is 10. The van der Waals surface area contributed by atoms with Crippen LogP contribution in [0.25, 0.3) is 0 Å². The van der Waals surface area contributed by atoms with Gasteiger partial charge in [0.25, 0.3) is 0 Å². The Morgan fingerprint density at radius 1 is 0.706 bits per heavy atom. The quantitative estimate of drug-likeness (QED) is 0.230. The van der Waals surface area contributed by atoms with Crippen molar-refractivity contribution < 1.29 is 101 Å². The van der Waals surface area contributed by atoms with Crippen LogP contribution in [0, 0.1) is 0 Å². The van der Waals surface area contributed by atoms with Gasteiger partial charge in [-0.1, -0.05) is 0 Å². The topological polar surface area (TPSA) is 201 Å². The van der Waals surface area contributed by atoms with Crippen molar-refractivity contribution in [2.45, 2.75) is 0 Å². The summed E-state index contributed by atoms with van der Waals surface area (Å²) in [5, 5.41) is 0. The fraction of sp³-hybridized carbons (Fsp3) is 0. The van der Waals surface area contributed by atoms with Gasteiger partial charge in [0.15, 0.2) is 0 Å². The molecule has 0 unspecified atom stereocenters. The van der Waals surface area contributed by atoms with E-state index in [4.69, 9.17) is 41.4 Å². The molecule has 0 saturated carbocycles. The van der Waals surface area contributed by atoms with Gasteiger partial charge in [0.1, 0.15) is 0 Å². The van der Waals surface area contributed by atoms with E-state index in [1.54, 1.807) is 0 Å². The van der Waals surface area contributed by atoms with Gasteiger partial charge in [-0.3, -0.25) is 8.42 Å². The van der Waals surface area contributed by atoms with Gasteiger partial charge in [0.2, 0.25) is 0 Å². The van der Waals surface area contributed by atoms with Gasteiger partial charge in [-0.05, 0) is 0 Å². The summed E-state index contributed by atoms with van der Waals surface area (Å²) in [5.74, 6) is 0. The average molecular weight is 346 g/mol.